The predicted molar refractivity (Wildman–Crippen MR) is 81.0 cm³/mol. The molecule has 6 heteroatoms. The van der Waals surface area contributed by atoms with Gasteiger partial charge in [0.05, 0.1) is 11.8 Å². The van der Waals surface area contributed by atoms with Crippen LogP contribution in [0.25, 0.3) is 0 Å². The van der Waals surface area contributed by atoms with Crippen LogP contribution in [0.5, 0.6) is 5.75 Å². The van der Waals surface area contributed by atoms with E-state index in [-0.39, 0.29) is 17.3 Å². The zero-order valence-corrected chi connectivity index (χ0v) is 11.5. The Morgan fingerprint density at radius 1 is 0.909 bits per heavy atom. The van der Waals surface area contributed by atoms with Gasteiger partial charge < -0.3 is 4.84 Å². The molecule has 0 aliphatic carbocycles. The first-order valence-corrected chi connectivity index (χ1v) is 6.44. The summed E-state index contributed by atoms with van der Waals surface area (Å²) in [7, 11) is 0. The molecule has 0 unspecified atom stereocenters. The summed E-state index contributed by atoms with van der Waals surface area (Å²) < 4.78 is 0. The molecule has 6 nitrogen and oxygen atoms in total. The normalized spacial score (nSPS) is 15.3. The summed E-state index contributed by atoms with van der Waals surface area (Å²) >= 11 is 0. The monoisotopic (exact) mass is 295 g/mol. The zero-order valence-electron chi connectivity index (χ0n) is 11.5. The Hall–Kier alpha value is -3.28. The van der Waals surface area contributed by atoms with Crippen LogP contribution in [0.2, 0.25) is 0 Å². The van der Waals surface area contributed by atoms with E-state index in [1.54, 1.807) is 48.6 Å². The van der Waals surface area contributed by atoms with Crippen molar-refractivity contribution in [1.29, 1.82) is 0 Å². The third-order valence-corrected chi connectivity index (χ3v) is 2.55. The molecule has 0 spiro atoms. The number of benzene rings is 1. The van der Waals surface area contributed by atoms with Gasteiger partial charge in [-0.1, -0.05) is 30.4 Å². The molecule has 0 aromatic heterocycles. The summed E-state index contributed by atoms with van der Waals surface area (Å²) in [6.45, 7) is 0. The summed E-state index contributed by atoms with van der Waals surface area (Å²) in [5, 5.41) is 7.24. The van der Waals surface area contributed by atoms with Crippen LogP contribution in [-0.2, 0) is 4.79 Å². The molecular weight excluding hydrogens is 282 g/mol. The molecule has 0 fully saturated rings. The minimum atomic E-state index is -0.348. The molecule has 0 atom stereocenters. The lowest BCUT2D eigenvalue weighted by atomic mass is 10.1. The van der Waals surface area contributed by atoms with E-state index < -0.39 is 0 Å². The van der Waals surface area contributed by atoms with Gasteiger partial charge in [-0.05, 0) is 41.7 Å². The van der Waals surface area contributed by atoms with Crippen molar-refractivity contribution >= 4 is 11.6 Å². The minimum absolute atomic E-state index is 0.287. The highest BCUT2D eigenvalue weighted by atomic mass is 16.7. The second kappa shape index (κ2) is 8.11. The first-order valence-electron chi connectivity index (χ1n) is 6.44. The molecule has 0 amide bonds. The molecule has 2 rings (SSSR count). The topological polar surface area (TPSA) is 80.1 Å². The van der Waals surface area contributed by atoms with Crippen molar-refractivity contribution in [3.63, 3.8) is 0 Å². The van der Waals surface area contributed by atoms with Gasteiger partial charge in [-0.15, -0.1) is 10.7 Å². The van der Waals surface area contributed by atoms with Gasteiger partial charge in [-0.2, -0.15) is 0 Å². The van der Waals surface area contributed by atoms with E-state index in [0.29, 0.717) is 5.56 Å². The van der Waals surface area contributed by atoms with E-state index >= 15 is 0 Å². The summed E-state index contributed by atoms with van der Waals surface area (Å²) in [6, 6.07) is 6.61. The predicted octanol–water partition coefficient (Wildman–Crippen LogP) is 2.88. The highest BCUT2D eigenvalue weighted by Crippen LogP contribution is 2.18. The quantitative estimate of drug-likeness (QED) is 0.798. The number of hydrogen-bond acceptors (Lipinski definition) is 6. The summed E-state index contributed by atoms with van der Waals surface area (Å²) in [4.78, 5) is 28.8. The molecule has 1 N–H and O–H groups in total. The number of fused-ring (bicyclic) bond motifs is 1. The van der Waals surface area contributed by atoms with Gasteiger partial charge in [-0.25, -0.2) is 0 Å². The van der Waals surface area contributed by atoms with E-state index in [0.717, 1.165) is 0 Å². The number of carbonyl (C=O) groups excluding carboxylic acids is 2. The maximum Gasteiger partial charge on any atom is 0.189 e. The van der Waals surface area contributed by atoms with Crippen LogP contribution in [0, 0.1) is 0 Å². The van der Waals surface area contributed by atoms with E-state index in [2.05, 4.69) is 15.9 Å². The fraction of sp³-hybridized carbons (Fsp3) is 0. The summed E-state index contributed by atoms with van der Waals surface area (Å²) in [5.41, 5.74) is 2.58. The van der Waals surface area contributed by atoms with E-state index in [4.69, 9.17) is 4.84 Å². The number of rotatable bonds is 0. The molecule has 0 radical (unpaired) electrons. The molecule has 22 heavy (non-hydrogen) atoms. The number of nitrogens with zero attached hydrogens (tertiary/aromatic N) is 2. The highest BCUT2D eigenvalue weighted by molar-refractivity contribution is 6.11. The van der Waals surface area contributed by atoms with Crippen molar-refractivity contribution < 1.29 is 14.4 Å². The second-order valence-corrected chi connectivity index (χ2v) is 4.09. The molecule has 0 saturated carbocycles. The van der Waals surface area contributed by atoms with Crippen molar-refractivity contribution in [3.05, 3.63) is 78.6 Å². The molecule has 0 bridgehead atoms. The average Bonchev–Trinajstić information content (AvgIpc) is 2.54. The third-order valence-electron chi connectivity index (χ3n) is 2.55. The van der Waals surface area contributed by atoms with E-state index in [9.17, 15) is 9.59 Å². The number of carbonyl (C=O) groups is 2. The Morgan fingerprint density at radius 3 is 2.64 bits per heavy atom. The first-order chi connectivity index (χ1) is 10.8. The van der Waals surface area contributed by atoms with Gasteiger partial charge >= 0.3 is 0 Å². The Labute approximate surface area is 127 Å². The first kappa shape index (κ1) is 15.1. The second-order valence-electron chi connectivity index (χ2n) is 4.09. The summed E-state index contributed by atoms with van der Waals surface area (Å²) in [6.07, 6.45) is 11.7. The molecule has 110 valence electrons. The lowest BCUT2D eigenvalue weighted by Gasteiger charge is -2.06. The maximum atomic E-state index is 12.1. The Kier molecular flexibility index (Phi) is 5.57. The van der Waals surface area contributed by atoms with Crippen LogP contribution in [-0.4, -0.2) is 11.6 Å². The Bertz CT molecular complexity index is 700. The van der Waals surface area contributed by atoms with E-state index in [1.165, 1.54) is 24.4 Å². The Balaban J connectivity index is 2.29. The van der Waals surface area contributed by atoms with Crippen LogP contribution in [0.1, 0.15) is 10.4 Å². The van der Waals surface area contributed by atoms with E-state index in [1.807, 2.05) is 0 Å². The number of hydrogen-bond donors (Lipinski definition) is 1. The smallest absolute Gasteiger partial charge is 0.189 e. The van der Waals surface area contributed by atoms with Crippen molar-refractivity contribution in [2.45, 2.75) is 0 Å². The van der Waals surface area contributed by atoms with Crippen LogP contribution < -0.4 is 10.4 Å². The SMILES string of the molecule is O=C1C=CC=CC=CN=NNOc2ccccc2C(=O)C=C1. The van der Waals surface area contributed by atoms with Crippen LogP contribution in [0.15, 0.2) is 83.3 Å². The standard InChI is InChI=1S/C16H13N3O3/c20-13-7-3-1-2-6-12-17-18-19-22-16-9-5-4-8-14(16)15(21)11-10-13/h1-12H,(H,17,19). The van der Waals surface area contributed by atoms with Gasteiger partial charge in [0.15, 0.2) is 17.3 Å². The molecular formula is C16H13N3O3. The largest absolute Gasteiger partial charge is 0.363 e. The lowest BCUT2D eigenvalue weighted by Crippen LogP contribution is -2.12. The lowest BCUT2D eigenvalue weighted by molar-refractivity contribution is -0.110. The fourth-order valence-corrected chi connectivity index (χ4v) is 1.56. The van der Waals surface area contributed by atoms with Crippen LogP contribution >= 0.6 is 0 Å². The molecule has 1 aromatic carbocycles. The minimum Gasteiger partial charge on any atom is -0.363 e. The maximum absolute atomic E-state index is 12.1. The highest BCUT2D eigenvalue weighted by Gasteiger charge is 2.10. The molecule has 1 aliphatic heterocycles. The van der Waals surface area contributed by atoms with Crippen molar-refractivity contribution in [2.75, 3.05) is 0 Å². The zero-order chi connectivity index (χ0) is 15.6. The molecule has 1 aliphatic rings. The van der Waals surface area contributed by atoms with Crippen LogP contribution in [0.4, 0.5) is 0 Å². The third kappa shape index (κ3) is 4.68. The Morgan fingerprint density at radius 2 is 1.73 bits per heavy atom. The molecule has 1 aromatic rings. The average molecular weight is 295 g/mol. The summed E-state index contributed by atoms with van der Waals surface area (Å²) in [5.74, 6) is -0.348. The number of ketones is 2. The number of allylic oxidation sites excluding steroid dienone is 7. The van der Waals surface area contributed by atoms with Gasteiger partial charge in [-0.3, -0.25) is 9.59 Å². The van der Waals surface area contributed by atoms with Crippen LogP contribution in [0.3, 0.4) is 0 Å². The van der Waals surface area contributed by atoms with Crippen molar-refractivity contribution in [2.24, 2.45) is 10.3 Å². The van der Waals surface area contributed by atoms with Gasteiger partial charge in [0.1, 0.15) is 0 Å². The van der Waals surface area contributed by atoms with Crippen molar-refractivity contribution in [3.8, 4) is 5.75 Å². The molecule has 1 heterocycles. The van der Waals surface area contributed by atoms with Gasteiger partial charge in [0, 0.05) is 0 Å². The van der Waals surface area contributed by atoms with Gasteiger partial charge in [0.2, 0.25) is 0 Å². The fourth-order valence-electron chi connectivity index (χ4n) is 1.56. The number of para-hydroxylation sites is 1. The van der Waals surface area contributed by atoms with Crippen molar-refractivity contribution in [1.82, 2.24) is 5.59 Å². The van der Waals surface area contributed by atoms with Gasteiger partial charge in [0.25, 0.3) is 0 Å². The number of nitrogens with one attached hydrogen (secondary N) is 1. The molecule has 0 saturated heterocycles.